The molecule has 188 valence electrons. The first kappa shape index (κ1) is 27.6. The van der Waals surface area contributed by atoms with E-state index in [0.717, 1.165) is 11.3 Å². The fourth-order valence-electron chi connectivity index (χ4n) is 3.07. The van der Waals surface area contributed by atoms with Crippen LogP contribution in [0.5, 0.6) is 5.75 Å². The van der Waals surface area contributed by atoms with E-state index in [1.165, 1.54) is 0 Å². The third-order valence-corrected chi connectivity index (χ3v) is 4.83. The number of benzene rings is 1. The summed E-state index contributed by atoms with van der Waals surface area (Å²) in [5.41, 5.74) is 16.9. The summed E-state index contributed by atoms with van der Waals surface area (Å²) in [5.74, 6) is 0.763. The van der Waals surface area contributed by atoms with Gasteiger partial charge in [-0.25, -0.2) is 0 Å². The fraction of sp³-hybridized carbons (Fsp3) is 0.714. The number of ether oxygens (including phenoxy) is 7. The second kappa shape index (κ2) is 16.9. The topological polar surface area (TPSA) is 162 Å². The van der Waals surface area contributed by atoms with E-state index in [4.69, 9.17) is 44.2 Å². The predicted octanol–water partition coefficient (Wildman–Crippen LogP) is 3.41. The molecule has 2 rings (SSSR count). The number of nitrogens with zero attached hydrogens (tertiary/aromatic N) is 6. The Labute approximate surface area is 198 Å². The maximum atomic E-state index is 8.26. The highest BCUT2D eigenvalue weighted by molar-refractivity contribution is 5.28. The van der Waals surface area contributed by atoms with Crippen molar-refractivity contribution in [3.05, 3.63) is 50.7 Å². The molecule has 1 aromatic rings. The third kappa shape index (κ3) is 10.6. The molecule has 0 aromatic heterocycles. The summed E-state index contributed by atoms with van der Waals surface area (Å²) in [4.78, 5) is 5.35. The first-order valence-corrected chi connectivity index (χ1v) is 10.9. The second-order valence-electron chi connectivity index (χ2n) is 7.47. The molecule has 1 aliphatic rings. The Balaban J connectivity index is 1.79. The Morgan fingerprint density at radius 1 is 0.824 bits per heavy atom. The molecule has 1 saturated heterocycles. The van der Waals surface area contributed by atoms with Crippen molar-refractivity contribution in [3.8, 4) is 5.75 Å². The van der Waals surface area contributed by atoms with Crippen LogP contribution in [0.2, 0.25) is 0 Å². The molecule has 0 atom stereocenters. The van der Waals surface area contributed by atoms with Crippen molar-refractivity contribution in [2.24, 2.45) is 15.6 Å². The number of methoxy groups -OCH3 is 1. The van der Waals surface area contributed by atoms with Crippen LogP contribution >= 0.6 is 0 Å². The lowest BCUT2D eigenvalue weighted by molar-refractivity contribution is -0.255. The summed E-state index contributed by atoms with van der Waals surface area (Å²) < 4.78 is 39.6. The number of hydrogen-bond donors (Lipinski definition) is 0. The standard InChI is InChI=1S/C21H32N6O7/c1-28-19-4-2-18(3-5-19)20-33-16-21(17-34-20,14-31-12-10-29-8-6-24-26-22)15-32-13-11-30-9-7-25-27-23/h2-5,20H,6-17H2,1H3. The third-order valence-electron chi connectivity index (χ3n) is 4.83. The van der Waals surface area contributed by atoms with Crippen molar-refractivity contribution in [1.29, 1.82) is 0 Å². The number of hydrogen-bond acceptors (Lipinski definition) is 9. The monoisotopic (exact) mass is 480 g/mol. The Bertz CT molecular complexity index is 742. The van der Waals surface area contributed by atoms with Gasteiger partial charge in [0.25, 0.3) is 0 Å². The first-order chi connectivity index (χ1) is 16.7. The number of azide groups is 2. The maximum Gasteiger partial charge on any atom is 0.183 e. The Morgan fingerprint density at radius 2 is 1.32 bits per heavy atom. The summed E-state index contributed by atoms with van der Waals surface area (Å²) in [7, 11) is 1.62. The van der Waals surface area contributed by atoms with Gasteiger partial charge in [0.1, 0.15) is 5.75 Å². The zero-order chi connectivity index (χ0) is 24.3. The summed E-state index contributed by atoms with van der Waals surface area (Å²) in [5, 5.41) is 6.82. The molecule has 1 aromatic carbocycles. The highest BCUT2D eigenvalue weighted by Crippen LogP contribution is 2.33. The van der Waals surface area contributed by atoms with Crippen LogP contribution in [0.4, 0.5) is 0 Å². The van der Waals surface area contributed by atoms with E-state index in [1.54, 1.807) is 7.11 Å². The molecule has 0 N–H and O–H groups in total. The molecule has 13 nitrogen and oxygen atoms in total. The Hall–Kier alpha value is -2.60. The highest BCUT2D eigenvalue weighted by Gasteiger charge is 2.38. The van der Waals surface area contributed by atoms with Gasteiger partial charge in [0, 0.05) is 28.5 Å². The molecule has 0 amide bonds. The van der Waals surface area contributed by atoms with Crippen molar-refractivity contribution >= 4 is 0 Å². The largest absolute Gasteiger partial charge is 0.497 e. The fourth-order valence-corrected chi connectivity index (χ4v) is 3.07. The van der Waals surface area contributed by atoms with Gasteiger partial charge in [-0.05, 0) is 23.2 Å². The lowest BCUT2D eigenvalue weighted by atomic mass is 9.91. The SMILES string of the molecule is COc1ccc(C2OCC(COCCOCCN=[N+]=[N-])(COCCOCCN=[N+]=[N-])CO2)cc1. The highest BCUT2D eigenvalue weighted by atomic mass is 16.7. The maximum absolute atomic E-state index is 8.26. The average molecular weight is 481 g/mol. The minimum atomic E-state index is -0.487. The lowest BCUT2D eigenvalue weighted by Crippen LogP contribution is -2.46. The smallest absolute Gasteiger partial charge is 0.183 e. The number of rotatable bonds is 18. The minimum absolute atomic E-state index is 0.285. The normalized spacial score (nSPS) is 19.7. The van der Waals surface area contributed by atoms with Crippen molar-refractivity contribution in [2.45, 2.75) is 6.29 Å². The summed E-state index contributed by atoms with van der Waals surface area (Å²) >= 11 is 0. The molecular weight excluding hydrogens is 448 g/mol. The van der Waals surface area contributed by atoms with Crippen molar-refractivity contribution < 1.29 is 33.2 Å². The molecule has 34 heavy (non-hydrogen) atoms. The van der Waals surface area contributed by atoms with Crippen LogP contribution in [-0.4, -0.2) is 86.3 Å². The van der Waals surface area contributed by atoms with Gasteiger partial charge in [-0.15, -0.1) is 0 Å². The first-order valence-electron chi connectivity index (χ1n) is 10.9. The van der Waals surface area contributed by atoms with Crippen LogP contribution in [0, 0.1) is 5.41 Å². The van der Waals surface area contributed by atoms with Crippen LogP contribution in [0.25, 0.3) is 20.9 Å². The molecule has 1 aliphatic heterocycles. The van der Waals surface area contributed by atoms with Gasteiger partial charge in [0.15, 0.2) is 6.29 Å². The van der Waals surface area contributed by atoms with Crippen LogP contribution in [0.15, 0.2) is 34.5 Å². The lowest BCUT2D eigenvalue weighted by Gasteiger charge is -2.39. The summed E-state index contributed by atoms with van der Waals surface area (Å²) in [6, 6.07) is 7.54. The predicted molar refractivity (Wildman–Crippen MR) is 121 cm³/mol. The van der Waals surface area contributed by atoms with Crippen LogP contribution in [0.1, 0.15) is 11.9 Å². The van der Waals surface area contributed by atoms with Crippen LogP contribution in [0.3, 0.4) is 0 Å². The van der Waals surface area contributed by atoms with E-state index < -0.39 is 11.7 Å². The molecular formula is C21H32N6O7. The van der Waals surface area contributed by atoms with Crippen molar-refractivity contribution in [3.63, 3.8) is 0 Å². The van der Waals surface area contributed by atoms with E-state index >= 15 is 0 Å². The average Bonchev–Trinajstić information content (AvgIpc) is 2.88. The van der Waals surface area contributed by atoms with Crippen molar-refractivity contribution in [1.82, 2.24) is 0 Å². The summed E-state index contributed by atoms with van der Waals surface area (Å²) in [6.45, 7) is 4.28. The zero-order valence-corrected chi connectivity index (χ0v) is 19.4. The zero-order valence-electron chi connectivity index (χ0n) is 19.4. The molecule has 0 spiro atoms. The Morgan fingerprint density at radius 3 is 1.79 bits per heavy atom. The molecule has 0 bridgehead atoms. The van der Waals surface area contributed by atoms with Gasteiger partial charge in [0.2, 0.25) is 0 Å². The minimum Gasteiger partial charge on any atom is -0.497 e. The van der Waals surface area contributed by atoms with Crippen LogP contribution < -0.4 is 4.74 Å². The molecule has 0 saturated carbocycles. The Kier molecular flexibility index (Phi) is 13.8. The van der Waals surface area contributed by atoms with Gasteiger partial charge < -0.3 is 33.2 Å². The van der Waals surface area contributed by atoms with E-state index in [-0.39, 0.29) is 13.1 Å². The van der Waals surface area contributed by atoms with Gasteiger partial charge in [-0.2, -0.15) is 0 Å². The van der Waals surface area contributed by atoms with E-state index in [9.17, 15) is 0 Å². The quantitative estimate of drug-likeness (QED) is 0.134. The van der Waals surface area contributed by atoms with E-state index in [0.29, 0.717) is 66.1 Å². The molecule has 1 heterocycles. The van der Waals surface area contributed by atoms with Gasteiger partial charge in [-0.3, -0.25) is 0 Å². The second-order valence-corrected chi connectivity index (χ2v) is 7.47. The molecule has 13 heteroatoms. The molecule has 0 radical (unpaired) electrons. The van der Waals surface area contributed by atoms with Gasteiger partial charge in [0.05, 0.1) is 78.6 Å². The van der Waals surface area contributed by atoms with E-state index in [1.807, 2.05) is 24.3 Å². The molecule has 0 unspecified atom stereocenters. The summed E-state index contributed by atoms with van der Waals surface area (Å²) in [6.07, 6.45) is -0.480. The van der Waals surface area contributed by atoms with Gasteiger partial charge in [-0.1, -0.05) is 22.4 Å². The van der Waals surface area contributed by atoms with Crippen LogP contribution in [-0.2, 0) is 28.4 Å². The van der Waals surface area contributed by atoms with E-state index in [2.05, 4.69) is 20.1 Å². The van der Waals surface area contributed by atoms with Gasteiger partial charge >= 0.3 is 0 Å². The molecule has 0 aliphatic carbocycles. The molecule has 1 fully saturated rings. The van der Waals surface area contributed by atoms with Crippen molar-refractivity contribution in [2.75, 3.05) is 86.3 Å².